The Morgan fingerprint density at radius 1 is 1.03 bits per heavy atom. The SMILES string of the molecule is COC(=O)[C@@H](C)Cn1c(=O)n(N)/c(=N\c2ccc(OC(C)C)c(Cl)c2)n(Cc2ccc(OC)cc2)c1=O. The minimum Gasteiger partial charge on any atom is -0.497 e. The summed E-state index contributed by atoms with van der Waals surface area (Å²) >= 11 is 6.35. The summed E-state index contributed by atoms with van der Waals surface area (Å²) in [6, 6.07) is 11.9. The summed E-state index contributed by atoms with van der Waals surface area (Å²) in [5.74, 6) is 5.94. The Morgan fingerprint density at radius 3 is 2.27 bits per heavy atom. The van der Waals surface area contributed by atoms with Gasteiger partial charge >= 0.3 is 17.3 Å². The first-order chi connectivity index (χ1) is 17.5. The third-order valence-electron chi connectivity index (χ3n) is 5.42. The zero-order chi connectivity index (χ0) is 27.3. The van der Waals surface area contributed by atoms with Gasteiger partial charge in [-0.3, -0.25) is 9.36 Å². The molecule has 0 amide bonds. The summed E-state index contributed by atoms with van der Waals surface area (Å²) in [6.07, 6.45) is -0.0823. The highest BCUT2D eigenvalue weighted by Gasteiger charge is 2.20. The number of methoxy groups -OCH3 is 2. The minimum absolute atomic E-state index is 0.0357. The van der Waals surface area contributed by atoms with Crippen LogP contribution in [0.15, 0.2) is 57.0 Å². The molecule has 0 aliphatic rings. The van der Waals surface area contributed by atoms with Crippen LogP contribution in [-0.4, -0.2) is 40.1 Å². The number of nitrogens with zero attached hydrogens (tertiary/aromatic N) is 4. The predicted octanol–water partition coefficient (Wildman–Crippen LogP) is 2.06. The molecule has 0 unspecified atom stereocenters. The van der Waals surface area contributed by atoms with E-state index < -0.39 is 23.3 Å². The van der Waals surface area contributed by atoms with E-state index in [0.717, 1.165) is 14.8 Å². The third-order valence-corrected chi connectivity index (χ3v) is 5.72. The van der Waals surface area contributed by atoms with Gasteiger partial charge in [0.15, 0.2) is 0 Å². The molecule has 1 atom stereocenters. The van der Waals surface area contributed by atoms with Crippen LogP contribution in [-0.2, 0) is 22.6 Å². The summed E-state index contributed by atoms with van der Waals surface area (Å²) < 4.78 is 18.5. The van der Waals surface area contributed by atoms with Crippen LogP contribution in [0.25, 0.3) is 0 Å². The fourth-order valence-corrected chi connectivity index (χ4v) is 3.77. The number of nitrogens with two attached hydrogens (primary N) is 1. The van der Waals surface area contributed by atoms with E-state index in [-0.39, 0.29) is 24.8 Å². The Kier molecular flexibility index (Phi) is 8.82. The fourth-order valence-electron chi connectivity index (χ4n) is 3.55. The molecule has 0 radical (unpaired) electrons. The van der Waals surface area contributed by atoms with Crippen molar-refractivity contribution in [3.05, 3.63) is 79.6 Å². The number of ether oxygens (including phenoxy) is 3. The van der Waals surface area contributed by atoms with E-state index in [4.69, 9.17) is 31.7 Å². The second kappa shape index (κ2) is 11.8. The zero-order valence-corrected chi connectivity index (χ0v) is 22.1. The first kappa shape index (κ1) is 27.6. The predicted molar refractivity (Wildman–Crippen MR) is 139 cm³/mol. The van der Waals surface area contributed by atoms with Crippen LogP contribution in [0, 0.1) is 5.92 Å². The highest BCUT2D eigenvalue weighted by atomic mass is 35.5. The van der Waals surface area contributed by atoms with Crippen LogP contribution in [0.4, 0.5) is 5.69 Å². The van der Waals surface area contributed by atoms with Crippen molar-refractivity contribution in [2.75, 3.05) is 20.1 Å². The molecule has 0 aliphatic carbocycles. The second-order valence-electron chi connectivity index (χ2n) is 8.60. The molecule has 0 fully saturated rings. The lowest BCUT2D eigenvalue weighted by Crippen LogP contribution is -2.58. The van der Waals surface area contributed by atoms with Crippen LogP contribution in [0.2, 0.25) is 5.02 Å². The maximum Gasteiger partial charge on any atom is 0.353 e. The number of halogens is 1. The van der Waals surface area contributed by atoms with Crippen molar-refractivity contribution in [1.29, 1.82) is 0 Å². The minimum atomic E-state index is -0.837. The van der Waals surface area contributed by atoms with Gasteiger partial charge in [0.2, 0.25) is 5.62 Å². The molecule has 3 rings (SSSR count). The topological polar surface area (TPSA) is 132 Å². The average molecular weight is 532 g/mol. The van der Waals surface area contributed by atoms with Crippen molar-refractivity contribution < 1.29 is 19.0 Å². The van der Waals surface area contributed by atoms with E-state index in [9.17, 15) is 14.4 Å². The van der Waals surface area contributed by atoms with Gasteiger partial charge in [-0.15, -0.1) is 0 Å². The number of aromatic nitrogens is 3. The van der Waals surface area contributed by atoms with Crippen molar-refractivity contribution in [3.8, 4) is 11.5 Å². The van der Waals surface area contributed by atoms with Crippen LogP contribution in [0.3, 0.4) is 0 Å². The van der Waals surface area contributed by atoms with Gasteiger partial charge in [-0.25, -0.2) is 19.1 Å². The van der Waals surface area contributed by atoms with Crippen LogP contribution in [0.5, 0.6) is 11.5 Å². The van der Waals surface area contributed by atoms with E-state index >= 15 is 0 Å². The van der Waals surface area contributed by atoms with Gasteiger partial charge in [-0.05, 0) is 49.7 Å². The van der Waals surface area contributed by atoms with Gasteiger partial charge in [0.1, 0.15) is 11.5 Å². The number of nitrogen functional groups attached to an aromatic ring is 1. The van der Waals surface area contributed by atoms with Crippen LogP contribution in [0.1, 0.15) is 26.3 Å². The standard InChI is InChI=1S/C25H30ClN5O6/c1-15(2)37-21-11-8-18(12-20(21)26)28-23-29(14-17-6-9-19(35-4)10-7-17)24(33)30(25(34)31(23)27)13-16(3)22(32)36-5/h6-12,15-16H,13-14,27H2,1-5H3/b28-23-/t16-/m0/s1. The lowest BCUT2D eigenvalue weighted by molar-refractivity contribution is -0.145. The van der Waals surface area contributed by atoms with Crippen LogP contribution >= 0.6 is 11.6 Å². The Morgan fingerprint density at radius 2 is 1.70 bits per heavy atom. The molecular weight excluding hydrogens is 502 g/mol. The molecule has 11 nitrogen and oxygen atoms in total. The smallest absolute Gasteiger partial charge is 0.353 e. The molecule has 0 aliphatic heterocycles. The number of hydrogen-bond acceptors (Lipinski definition) is 8. The summed E-state index contributed by atoms with van der Waals surface area (Å²) in [4.78, 5) is 43.1. The van der Waals surface area contributed by atoms with Gasteiger partial charge in [0, 0.05) is 6.54 Å². The van der Waals surface area contributed by atoms with E-state index in [0.29, 0.717) is 22.2 Å². The monoisotopic (exact) mass is 531 g/mol. The number of carbonyl (C=O) groups is 1. The molecule has 0 spiro atoms. The van der Waals surface area contributed by atoms with Gasteiger partial charge in [-0.2, -0.15) is 4.68 Å². The normalized spacial score (nSPS) is 12.5. The molecule has 0 saturated heterocycles. The molecule has 12 heteroatoms. The molecule has 2 aromatic carbocycles. The molecular formula is C25H30ClN5O6. The molecule has 1 aromatic heterocycles. The average Bonchev–Trinajstić information content (AvgIpc) is 2.88. The van der Waals surface area contributed by atoms with Gasteiger partial charge in [0.05, 0.1) is 43.5 Å². The molecule has 0 bridgehead atoms. The number of esters is 1. The number of carbonyl (C=O) groups excluding carboxylic acids is 1. The Bertz CT molecular complexity index is 1460. The van der Waals surface area contributed by atoms with E-state index in [2.05, 4.69) is 4.99 Å². The molecule has 1 heterocycles. The first-order valence-corrected chi connectivity index (χ1v) is 11.9. The Balaban J connectivity index is 2.21. The number of rotatable bonds is 9. The van der Waals surface area contributed by atoms with E-state index in [1.807, 2.05) is 13.8 Å². The quantitative estimate of drug-likeness (QED) is 0.330. The van der Waals surface area contributed by atoms with Gasteiger partial charge in [0.25, 0.3) is 0 Å². The number of hydrogen-bond donors (Lipinski definition) is 1. The summed E-state index contributed by atoms with van der Waals surface area (Å²) in [6.45, 7) is 5.11. The molecule has 198 valence electrons. The number of benzene rings is 2. The zero-order valence-electron chi connectivity index (χ0n) is 21.3. The Hall–Kier alpha value is -3.99. The molecule has 3 aromatic rings. The lowest BCUT2D eigenvalue weighted by atomic mass is 10.2. The third kappa shape index (κ3) is 6.42. The maximum absolute atomic E-state index is 13.5. The van der Waals surface area contributed by atoms with Gasteiger partial charge < -0.3 is 20.1 Å². The molecule has 37 heavy (non-hydrogen) atoms. The second-order valence-corrected chi connectivity index (χ2v) is 9.00. The van der Waals surface area contributed by atoms with Crippen molar-refractivity contribution >= 4 is 23.3 Å². The lowest BCUT2D eigenvalue weighted by Gasteiger charge is -2.16. The van der Waals surface area contributed by atoms with Crippen LogP contribution < -0.4 is 32.3 Å². The van der Waals surface area contributed by atoms with Crippen molar-refractivity contribution in [3.63, 3.8) is 0 Å². The van der Waals surface area contributed by atoms with Crippen molar-refractivity contribution in [1.82, 2.24) is 13.8 Å². The summed E-state index contributed by atoms with van der Waals surface area (Å²) in [5, 5.41) is 0.308. The molecule has 2 N–H and O–H groups in total. The van der Waals surface area contributed by atoms with Crippen molar-refractivity contribution in [2.45, 2.75) is 40.0 Å². The largest absolute Gasteiger partial charge is 0.497 e. The van der Waals surface area contributed by atoms with E-state index in [1.54, 1.807) is 56.5 Å². The molecule has 0 saturated carbocycles. The van der Waals surface area contributed by atoms with Gasteiger partial charge in [-0.1, -0.05) is 30.7 Å². The summed E-state index contributed by atoms with van der Waals surface area (Å²) in [5.41, 5.74) is -0.562. The highest BCUT2D eigenvalue weighted by molar-refractivity contribution is 6.32. The van der Waals surface area contributed by atoms with E-state index in [1.165, 1.54) is 11.7 Å². The first-order valence-electron chi connectivity index (χ1n) is 11.5. The highest BCUT2D eigenvalue weighted by Crippen LogP contribution is 2.29. The maximum atomic E-state index is 13.5. The Labute approximate surface area is 218 Å². The fraction of sp³-hybridized carbons (Fsp3) is 0.360. The van der Waals surface area contributed by atoms with Crippen molar-refractivity contribution in [2.24, 2.45) is 10.9 Å². The summed E-state index contributed by atoms with van der Waals surface area (Å²) in [7, 11) is 2.78.